The molecule has 3 rings (SSSR count). The zero-order valence-corrected chi connectivity index (χ0v) is 12.3. The van der Waals surface area contributed by atoms with Gasteiger partial charge in [-0.1, -0.05) is 11.6 Å². The van der Waals surface area contributed by atoms with Crippen molar-refractivity contribution in [3.8, 4) is 0 Å². The van der Waals surface area contributed by atoms with Gasteiger partial charge in [-0.15, -0.1) is 0 Å². The number of hydrogen-bond donors (Lipinski definition) is 2. The van der Waals surface area contributed by atoms with E-state index in [4.69, 9.17) is 11.6 Å². The number of aromatic nitrogens is 2. The molecule has 1 aromatic heterocycles. The van der Waals surface area contributed by atoms with Crippen molar-refractivity contribution in [2.75, 3.05) is 18.4 Å². The predicted molar refractivity (Wildman–Crippen MR) is 80.4 cm³/mol. The second kappa shape index (κ2) is 6.14. The van der Waals surface area contributed by atoms with E-state index in [0.29, 0.717) is 22.7 Å². The summed E-state index contributed by atoms with van der Waals surface area (Å²) in [6, 6.07) is 0.566. The van der Waals surface area contributed by atoms with E-state index >= 15 is 0 Å². The van der Waals surface area contributed by atoms with Gasteiger partial charge in [-0.3, -0.25) is 4.79 Å². The number of rotatable bonds is 6. The molecule has 1 saturated heterocycles. The van der Waals surface area contributed by atoms with Crippen molar-refractivity contribution in [3.05, 3.63) is 21.6 Å². The minimum absolute atomic E-state index is 0.0937. The molecule has 1 aliphatic carbocycles. The second-order valence-corrected chi connectivity index (χ2v) is 6.21. The van der Waals surface area contributed by atoms with E-state index in [9.17, 15) is 4.79 Å². The van der Waals surface area contributed by atoms with Crippen LogP contribution in [0.15, 0.2) is 11.0 Å². The van der Waals surface area contributed by atoms with Gasteiger partial charge in [-0.2, -0.15) is 5.10 Å². The zero-order chi connectivity index (χ0) is 13.9. The van der Waals surface area contributed by atoms with Crippen LogP contribution >= 0.6 is 11.6 Å². The standard InChI is InChI=1S/C14H21ClN4O/c15-12-8-18-19(9-10-3-4-10)14(20)13(12)17-7-5-11-2-1-6-16-11/h8,10-11,16-17H,1-7,9H2/t11-/m0/s1. The van der Waals surface area contributed by atoms with Crippen LogP contribution in [-0.4, -0.2) is 28.9 Å². The molecule has 0 amide bonds. The van der Waals surface area contributed by atoms with E-state index in [1.165, 1.54) is 25.7 Å². The topological polar surface area (TPSA) is 59.0 Å². The molecule has 1 saturated carbocycles. The van der Waals surface area contributed by atoms with Gasteiger partial charge in [0.05, 0.1) is 11.2 Å². The molecule has 20 heavy (non-hydrogen) atoms. The van der Waals surface area contributed by atoms with Gasteiger partial charge in [0.25, 0.3) is 5.56 Å². The maximum Gasteiger partial charge on any atom is 0.291 e. The normalized spacial score (nSPS) is 22.1. The first-order valence-electron chi connectivity index (χ1n) is 7.47. The summed E-state index contributed by atoms with van der Waals surface area (Å²) >= 11 is 6.10. The third-order valence-electron chi connectivity index (χ3n) is 4.08. The minimum Gasteiger partial charge on any atom is -0.379 e. The summed E-state index contributed by atoms with van der Waals surface area (Å²) in [7, 11) is 0. The van der Waals surface area contributed by atoms with E-state index in [-0.39, 0.29) is 5.56 Å². The van der Waals surface area contributed by atoms with Crippen LogP contribution < -0.4 is 16.2 Å². The molecular weight excluding hydrogens is 276 g/mol. The molecule has 0 aromatic carbocycles. The Morgan fingerprint density at radius 2 is 2.30 bits per heavy atom. The highest BCUT2D eigenvalue weighted by Crippen LogP contribution is 2.30. The second-order valence-electron chi connectivity index (χ2n) is 5.81. The molecule has 2 aliphatic rings. The molecule has 1 aliphatic heterocycles. The Morgan fingerprint density at radius 1 is 1.45 bits per heavy atom. The number of nitrogens with zero attached hydrogens (tertiary/aromatic N) is 2. The van der Waals surface area contributed by atoms with Crippen LogP contribution in [0.5, 0.6) is 0 Å². The number of anilines is 1. The molecule has 110 valence electrons. The fourth-order valence-electron chi connectivity index (χ4n) is 2.68. The molecule has 0 unspecified atom stereocenters. The van der Waals surface area contributed by atoms with Crippen molar-refractivity contribution in [1.29, 1.82) is 0 Å². The van der Waals surface area contributed by atoms with Crippen LogP contribution in [0.4, 0.5) is 5.69 Å². The van der Waals surface area contributed by atoms with E-state index in [1.807, 2.05) is 0 Å². The molecule has 0 spiro atoms. The Bertz CT molecular complexity index is 520. The van der Waals surface area contributed by atoms with Crippen LogP contribution in [-0.2, 0) is 6.54 Å². The molecule has 2 fully saturated rings. The molecule has 2 N–H and O–H groups in total. The fraction of sp³-hybridized carbons (Fsp3) is 0.714. The lowest BCUT2D eigenvalue weighted by Crippen LogP contribution is -2.29. The summed E-state index contributed by atoms with van der Waals surface area (Å²) in [4.78, 5) is 12.3. The smallest absolute Gasteiger partial charge is 0.291 e. The zero-order valence-electron chi connectivity index (χ0n) is 11.6. The van der Waals surface area contributed by atoms with Gasteiger partial charge in [0.2, 0.25) is 0 Å². The van der Waals surface area contributed by atoms with Crippen molar-refractivity contribution < 1.29 is 0 Å². The third-order valence-corrected chi connectivity index (χ3v) is 4.37. The van der Waals surface area contributed by atoms with Gasteiger partial charge in [-0.25, -0.2) is 4.68 Å². The Labute approximate surface area is 123 Å². The third kappa shape index (κ3) is 3.33. The first-order valence-corrected chi connectivity index (χ1v) is 7.84. The number of nitrogens with one attached hydrogen (secondary N) is 2. The van der Waals surface area contributed by atoms with Crippen molar-refractivity contribution in [2.45, 2.75) is 44.7 Å². The van der Waals surface area contributed by atoms with Gasteiger partial charge in [0, 0.05) is 19.1 Å². The lowest BCUT2D eigenvalue weighted by molar-refractivity contribution is 0.533. The lowest BCUT2D eigenvalue weighted by Gasteiger charge is -2.13. The monoisotopic (exact) mass is 296 g/mol. The molecule has 0 radical (unpaired) electrons. The van der Waals surface area contributed by atoms with Crippen molar-refractivity contribution >= 4 is 17.3 Å². The maximum absolute atomic E-state index is 12.3. The highest BCUT2D eigenvalue weighted by atomic mass is 35.5. The quantitative estimate of drug-likeness (QED) is 0.841. The first-order chi connectivity index (χ1) is 9.74. The van der Waals surface area contributed by atoms with Crippen molar-refractivity contribution in [1.82, 2.24) is 15.1 Å². The minimum atomic E-state index is -0.0937. The molecule has 2 heterocycles. The summed E-state index contributed by atoms with van der Waals surface area (Å²) in [5.41, 5.74) is 0.407. The van der Waals surface area contributed by atoms with Gasteiger partial charge >= 0.3 is 0 Å². The Hall–Kier alpha value is -1.07. The maximum atomic E-state index is 12.3. The Morgan fingerprint density at radius 3 is 3.00 bits per heavy atom. The van der Waals surface area contributed by atoms with Crippen LogP contribution in [0.3, 0.4) is 0 Å². The Kier molecular flexibility index (Phi) is 4.27. The lowest BCUT2D eigenvalue weighted by atomic mass is 10.1. The van der Waals surface area contributed by atoms with Gasteiger partial charge in [-0.05, 0) is 44.6 Å². The van der Waals surface area contributed by atoms with Crippen LogP contribution in [0.2, 0.25) is 5.02 Å². The average Bonchev–Trinajstić information content (AvgIpc) is 3.10. The molecule has 6 heteroatoms. The van der Waals surface area contributed by atoms with Crippen molar-refractivity contribution in [2.24, 2.45) is 5.92 Å². The first kappa shape index (κ1) is 13.9. The average molecular weight is 297 g/mol. The Balaban J connectivity index is 1.62. The predicted octanol–water partition coefficient (Wildman–Crippen LogP) is 1.86. The largest absolute Gasteiger partial charge is 0.379 e. The van der Waals surface area contributed by atoms with Gasteiger partial charge in [0.15, 0.2) is 0 Å². The number of halogens is 1. The summed E-state index contributed by atoms with van der Waals surface area (Å²) in [6.45, 7) is 2.59. The van der Waals surface area contributed by atoms with Gasteiger partial charge in [0.1, 0.15) is 5.69 Å². The molecule has 5 nitrogen and oxygen atoms in total. The summed E-state index contributed by atoms with van der Waals surface area (Å²) in [5.74, 6) is 0.622. The van der Waals surface area contributed by atoms with Crippen LogP contribution in [0.1, 0.15) is 32.1 Å². The van der Waals surface area contributed by atoms with Crippen LogP contribution in [0.25, 0.3) is 0 Å². The van der Waals surface area contributed by atoms with E-state index in [1.54, 1.807) is 10.9 Å². The SMILES string of the molecule is O=c1c(NCC[C@@H]2CCCN2)c(Cl)cnn1CC1CC1. The van der Waals surface area contributed by atoms with Gasteiger partial charge < -0.3 is 10.6 Å². The molecule has 0 bridgehead atoms. The molecule has 1 aromatic rings. The fourth-order valence-corrected chi connectivity index (χ4v) is 2.87. The van der Waals surface area contributed by atoms with Crippen molar-refractivity contribution in [3.63, 3.8) is 0 Å². The highest BCUT2D eigenvalue weighted by molar-refractivity contribution is 6.32. The summed E-state index contributed by atoms with van der Waals surface area (Å²) in [6.07, 6.45) is 7.45. The highest BCUT2D eigenvalue weighted by Gasteiger charge is 2.23. The summed E-state index contributed by atoms with van der Waals surface area (Å²) in [5, 5.41) is 11.2. The van der Waals surface area contributed by atoms with E-state index in [0.717, 1.165) is 26.1 Å². The van der Waals surface area contributed by atoms with E-state index < -0.39 is 0 Å². The number of hydrogen-bond acceptors (Lipinski definition) is 4. The van der Waals surface area contributed by atoms with E-state index in [2.05, 4.69) is 15.7 Å². The summed E-state index contributed by atoms with van der Waals surface area (Å²) < 4.78 is 1.54. The van der Waals surface area contributed by atoms with Crippen LogP contribution in [0, 0.1) is 5.92 Å². The molecule has 1 atom stereocenters. The molecular formula is C14H21ClN4O.